The Labute approximate surface area is 102 Å². The number of rotatable bonds is 6. The minimum absolute atomic E-state index is 0.232. The predicted octanol–water partition coefficient (Wildman–Crippen LogP) is 2.74. The van der Waals surface area contributed by atoms with E-state index in [9.17, 15) is 0 Å². The molecule has 0 aromatic carbocycles. The summed E-state index contributed by atoms with van der Waals surface area (Å²) >= 11 is 1.73. The van der Waals surface area contributed by atoms with Crippen molar-refractivity contribution in [1.82, 2.24) is 15.3 Å². The van der Waals surface area contributed by atoms with Crippen LogP contribution in [0.4, 0.5) is 0 Å². The van der Waals surface area contributed by atoms with Gasteiger partial charge >= 0.3 is 0 Å². The number of nitrogens with zero attached hydrogens (tertiary/aromatic N) is 2. The zero-order valence-electron chi connectivity index (χ0n) is 10.4. The number of nitrogens with one attached hydrogen (secondary N) is 1. The third-order valence-electron chi connectivity index (χ3n) is 2.00. The summed E-state index contributed by atoms with van der Waals surface area (Å²) in [5.41, 5.74) is 0.232. The molecule has 0 bridgehead atoms. The standard InChI is InChI=1S/C12H21N3S/c1-12(2,3)15-9-4-5-10-16-11-13-7-6-8-14-11/h6-8,15H,4-5,9-10H2,1-3H3. The third kappa shape index (κ3) is 6.80. The second-order valence-corrected chi connectivity index (χ2v) is 5.83. The lowest BCUT2D eigenvalue weighted by atomic mass is 10.1. The Morgan fingerprint density at radius 3 is 2.50 bits per heavy atom. The van der Waals surface area contributed by atoms with Gasteiger partial charge < -0.3 is 5.32 Å². The molecule has 0 aliphatic rings. The molecule has 0 saturated heterocycles. The van der Waals surface area contributed by atoms with Crippen molar-refractivity contribution in [2.24, 2.45) is 0 Å². The van der Waals surface area contributed by atoms with Crippen LogP contribution in [0.3, 0.4) is 0 Å². The lowest BCUT2D eigenvalue weighted by Crippen LogP contribution is -2.36. The lowest BCUT2D eigenvalue weighted by molar-refractivity contribution is 0.421. The van der Waals surface area contributed by atoms with E-state index < -0.39 is 0 Å². The summed E-state index contributed by atoms with van der Waals surface area (Å²) in [5, 5.41) is 4.36. The minimum atomic E-state index is 0.232. The van der Waals surface area contributed by atoms with Crippen LogP contribution in [0.25, 0.3) is 0 Å². The quantitative estimate of drug-likeness (QED) is 0.470. The molecule has 4 heteroatoms. The molecular weight excluding hydrogens is 218 g/mol. The van der Waals surface area contributed by atoms with Crippen molar-refractivity contribution in [2.75, 3.05) is 12.3 Å². The van der Waals surface area contributed by atoms with Crippen molar-refractivity contribution < 1.29 is 0 Å². The first-order valence-corrected chi connectivity index (χ1v) is 6.71. The molecule has 0 unspecified atom stereocenters. The van der Waals surface area contributed by atoms with Gasteiger partial charge in [-0.25, -0.2) is 9.97 Å². The van der Waals surface area contributed by atoms with Crippen molar-refractivity contribution in [3.63, 3.8) is 0 Å². The molecule has 1 aromatic rings. The fourth-order valence-corrected chi connectivity index (χ4v) is 2.02. The fraction of sp³-hybridized carbons (Fsp3) is 0.667. The Morgan fingerprint density at radius 2 is 1.88 bits per heavy atom. The van der Waals surface area contributed by atoms with Crippen LogP contribution in [-0.4, -0.2) is 27.8 Å². The van der Waals surface area contributed by atoms with Gasteiger partial charge in [-0.15, -0.1) is 0 Å². The van der Waals surface area contributed by atoms with Crippen molar-refractivity contribution >= 4 is 11.8 Å². The third-order valence-corrected chi connectivity index (χ3v) is 2.96. The van der Waals surface area contributed by atoms with Crippen LogP contribution in [0.1, 0.15) is 33.6 Å². The van der Waals surface area contributed by atoms with Gasteiger partial charge in [-0.3, -0.25) is 0 Å². The van der Waals surface area contributed by atoms with Crippen LogP contribution in [0, 0.1) is 0 Å². The SMILES string of the molecule is CC(C)(C)NCCCCSc1ncccn1. The molecule has 0 saturated carbocycles. The Morgan fingerprint density at radius 1 is 1.19 bits per heavy atom. The van der Waals surface area contributed by atoms with Crippen LogP contribution in [-0.2, 0) is 0 Å². The van der Waals surface area contributed by atoms with Crippen molar-refractivity contribution in [3.8, 4) is 0 Å². The molecule has 3 nitrogen and oxygen atoms in total. The van der Waals surface area contributed by atoms with Crippen molar-refractivity contribution in [3.05, 3.63) is 18.5 Å². The largest absolute Gasteiger partial charge is 0.312 e. The molecule has 0 amide bonds. The van der Waals surface area contributed by atoms with Crippen LogP contribution >= 0.6 is 11.8 Å². The normalized spacial score (nSPS) is 11.7. The first-order valence-electron chi connectivity index (χ1n) is 5.73. The Hall–Kier alpha value is -0.610. The van der Waals surface area contributed by atoms with Gasteiger partial charge in [0.1, 0.15) is 0 Å². The maximum atomic E-state index is 4.17. The smallest absolute Gasteiger partial charge is 0.187 e. The molecule has 1 aromatic heterocycles. The maximum Gasteiger partial charge on any atom is 0.187 e. The average Bonchev–Trinajstić information content (AvgIpc) is 2.23. The number of hydrogen-bond donors (Lipinski definition) is 1. The van der Waals surface area contributed by atoms with E-state index in [0.29, 0.717) is 0 Å². The first kappa shape index (κ1) is 13.5. The maximum absolute atomic E-state index is 4.17. The highest BCUT2D eigenvalue weighted by Crippen LogP contribution is 2.12. The number of thioether (sulfide) groups is 1. The van der Waals surface area contributed by atoms with Gasteiger partial charge in [-0.1, -0.05) is 11.8 Å². The molecule has 90 valence electrons. The summed E-state index contributed by atoms with van der Waals surface area (Å²) in [5.74, 6) is 1.09. The summed E-state index contributed by atoms with van der Waals surface area (Å²) in [6.45, 7) is 7.67. The van der Waals surface area contributed by atoms with E-state index in [1.807, 2.05) is 6.07 Å². The zero-order chi connectivity index (χ0) is 11.9. The Kier molecular flexibility index (Phi) is 5.77. The van der Waals surface area contributed by atoms with Gasteiger partial charge in [0.05, 0.1) is 0 Å². The lowest BCUT2D eigenvalue weighted by Gasteiger charge is -2.20. The topological polar surface area (TPSA) is 37.8 Å². The summed E-state index contributed by atoms with van der Waals surface area (Å²) in [7, 11) is 0. The fourth-order valence-electron chi connectivity index (χ4n) is 1.21. The van der Waals surface area contributed by atoms with E-state index in [4.69, 9.17) is 0 Å². The summed E-state index contributed by atoms with van der Waals surface area (Å²) < 4.78 is 0. The zero-order valence-corrected chi connectivity index (χ0v) is 11.2. The van der Waals surface area contributed by atoms with Gasteiger partial charge in [-0.05, 0) is 46.2 Å². The molecule has 16 heavy (non-hydrogen) atoms. The molecular formula is C12H21N3S. The second-order valence-electron chi connectivity index (χ2n) is 4.76. The van der Waals surface area contributed by atoms with Gasteiger partial charge in [0, 0.05) is 23.7 Å². The van der Waals surface area contributed by atoms with Gasteiger partial charge in [0.25, 0.3) is 0 Å². The highest BCUT2D eigenvalue weighted by molar-refractivity contribution is 7.99. The van der Waals surface area contributed by atoms with Gasteiger partial charge in [0.2, 0.25) is 0 Å². The molecule has 1 rings (SSSR count). The van der Waals surface area contributed by atoms with Crippen molar-refractivity contribution in [1.29, 1.82) is 0 Å². The number of hydrogen-bond acceptors (Lipinski definition) is 4. The van der Waals surface area contributed by atoms with Crippen LogP contribution in [0.5, 0.6) is 0 Å². The average molecular weight is 239 g/mol. The first-order chi connectivity index (χ1) is 7.58. The molecule has 0 aliphatic carbocycles. The number of aromatic nitrogens is 2. The van der Waals surface area contributed by atoms with E-state index in [0.717, 1.165) is 17.5 Å². The Bertz CT molecular complexity index is 282. The van der Waals surface area contributed by atoms with E-state index in [-0.39, 0.29) is 5.54 Å². The molecule has 1 heterocycles. The van der Waals surface area contributed by atoms with E-state index >= 15 is 0 Å². The molecule has 0 atom stereocenters. The van der Waals surface area contributed by atoms with Gasteiger partial charge in [-0.2, -0.15) is 0 Å². The summed E-state index contributed by atoms with van der Waals surface area (Å²) in [6, 6.07) is 1.84. The highest BCUT2D eigenvalue weighted by Gasteiger charge is 2.06. The van der Waals surface area contributed by atoms with E-state index in [1.54, 1.807) is 24.2 Å². The highest BCUT2D eigenvalue weighted by atomic mass is 32.2. The van der Waals surface area contributed by atoms with Crippen LogP contribution in [0.2, 0.25) is 0 Å². The molecule has 0 fully saturated rings. The molecule has 0 spiro atoms. The van der Waals surface area contributed by atoms with E-state index in [2.05, 4.69) is 36.1 Å². The van der Waals surface area contributed by atoms with Crippen LogP contribution in [0.15, 0.2) is 23.6 Å². The van der Waals surface area contributed by atoms with Crippen LogP contribution < -0.4 is 5.32 Å². The molecule has 0 radical (unpaired) electrons. The minimum Gasteiger partial charge on any atom is -0.312 e. The Balaban J connectivity index is 2.01. The molecule has 0 aliphatic heterocycles. The summed E-state index contributed by atoms with van der Waals surface area (Å²) in [6.07, 6.45) is 5.98. The monoisotopic (exact) mass is 239 g/mol. The summed E-state index contributed by atoms with van der Waals surface area (Å²) in [4.78, 5) is 8.34. The van der Waals surface area contributed by atoms with Crippen molar-refractivity contribution in [2.45, 2.75) is 44.3 Å². The molecule has 1 N–H and O–H groups in total. The number of unbranched alkanes of at least 4 members (excludes halogenated alkanes) is 1. The second kappa shape index (κ2) is 6.86. The predicted molar refractivity (Wildman–Crippen MR) is 69.7 cm³/mol. The van der Waals surface area contributed by atoms with Gasteiger partial charge in [0.15, 0.2) is 5.16 Å². The van der Waals surface area contributed by atoms with E-state index in [1.165, 1.54) is 12.8 Å².